The number of para-hydroxylation sites is 10. The zero-order valence-corrected chi connectivity index (χ0v) is 66.0. The van der Waals surface area contributed by atoms with E-state index in [1.807, 2.05) is 191 Å². The topological polar surface area (TPSA) is 140 Å². The van der Waals surface area contributed by atoms with Crippen molar-refractivity contribution in [2.75, 3.05) is 39.2 Å². The van der Waals surface area contributed by atoms with E-state index in [-0.39, 0.29) is 51.2 Å². The molecule has 4 aliphatic heterocycles. The van der Waals surface area contributed by atoms with Crippen LogP contribution in [0.25, 0.3) is 11.1 Å². The summed E-state index contributed by atoms with van der Waals surface area (Å²) in [4.78, 5) is 34.7. The van der Waals surface area contributed by atoms with Crippen LogP contribution in [0.3, 0.4) is 0 Å². The van der Waals surface area contributed by atoms with E-state index in [9.17, 15) is 0 Å². The Bertz CT molecular complexity index is 4870. The zero-order valence-electron chi connectivity index (χ0n) is 59.6. The summed E-state index contributed by atoms with van der Waals surface area (Å²) in [5.74, 6) is 4.26. The molecule has 4 N–H and O–H groups in total. The molecule has 0 amide bonds. The van der Waals surface area contributed by atoms with Gasteiger partial charge in [0, 0.05) is 110 Å². The predicted molar refractivity (Wildman–Crippen MR) is 439 cm³/mol. The molecule has 4 radical (unpaired) electrons. The number of aromatic nitrogens is 4. The fourth-order valence-electron chi connectivity index (χ4n) is 12.6. The fourth-order valence-corrected chi connectivity index (χ4v) is 12.9. The Hall–Kier alpha value is -11.0. The summed E-state index contributed by atoms with van der Waals surface area (Å²) >= 11 is 3.54. The van der Waals surface area contributed by atoms with Crippen LogP contribution >= 0.6 is 15.9 Å². The van der Waals surface area contributed by atoms with Crippen molar-refractivity contribution in [2.24, 2.45) is 0 Å². The Morgan fingerprint density at radius 3 is 1.03 bits per heavy atom. The van der Waals surface area contributed by atoms with E-state index in [1.165, 1.54) is 33.6 Å². The second-order valence-electron chi connectivity index (χ2n) is 25.0. The van der Waals surface area contributed by atoms with Gasteiger partial charge < -0.3 is 50.2 Å². The molecule has 0 atom stereocenters. The van der Waals surface area contributed by atoms with Gasteiger partial charge in [0.25, 0.3) is 0 Å². The maximum absolute atomic E-state index is 5.72. The molecule has 544 valence electrons. The van der Waals surface area contributed by atoms with E-state index in [0.717, 1.165) is 90.1 Å². The Morgan fingerprint density at radius 1 is 0.315 bits per heavy atom. The molecular formula is C90H76BBrIr2N12O2-8. The molecule has 4 aliphatic rings. The third-order valence-electron chi connectivity index (χ3n) is 17.6. The minimum atomic E-state index is 0. The Kier molecular flexibility index (Phi) is 28.0. The van der Waals surface area contributed by atoms with Crippen LogP contribution in [-0.2, 0) is 40.2 Å². The SMILES string of the molecule is Brc1cc[c-]c(N2[CH-]N(c3ccccc3)c3ccccc32)c1.CC(C)c1ccccc1-c1cc[c-]c(N2[CH-]N(c3ccccc3)c3ccccc32)c1.O.O.[B]c1ccccc1C(C)C.[Ir].[Ir].[c-]1ccccc1N1[CH-]N(c2ccccc2)c2nccnc21.[c-]1ccccc1N1[CH-]N(c2ccccc2)c2nccnc21. The minimum Gasteiger partial charge on any atom is -0.493 e. The zero-order chi connectivity index (χ0) is 71.1. The average molecular weight is 1830 g/mol. The third-order valence-corrected chi connectivity index (χ3v) is 18.1. The molecule has 18 rings (SSSR count). The van der Waals surface area contributed by atoms with Gasteiger partial charge in [-0.2, -0.15) is 97.1 Å². The first-order valence-corrected chi connectivity index (χ1v) is 35.2. The molecule has 0 spiro atoms. The van der Waals surface area contributed by atoms with Crippen LogP contribution in [0.5, 0.6) is 0 Å². The van der Waals surface area contributed by atoms with E-state index in [0.29, 0.717) is 11.8 Å². The first-order valence-electron chi connectivity index (χ1n) is 34.4. The number of benzene rings is 12. The van der Waals surface area contributed by atoms with E-state index in [1.54, 1.807) is 24.8 Å². The molecule has 0 aliphatic carbocycles. The van der Waals surface area contributed by atoms with Gasteiger partial charge in [0.15, 0.2) is 0 Å². The van der Waals surface area contributed by atoms with Crippen LogP contribution in [0.2, 0.25) is 0 Å². The van der Waals surface area contributed by atoms with Crippen LogP contribution in [-0.4, -0.2) is 38.7 Å². The second-order valence-corrected chi connectivity index (χ2v) is 25.9. The van der Waals surface area contributed by atoms with E-state index < -0.39 is 0 Å². The van der Waals surface area contributed by atoms with Crippen molar-refractivity contribution in [2.45, 2.75) is 39.5 Å². The second kappa shape index (κ2) is 38.0. The largest absolute Gasteiger partial charge is 0.493 e. The Morgan fingerprint density at radius 2 is 0.639 bits per heavy atom. The summed E-state index contributed by atoms with van der Waals surface area (Å²) in [6.45, 7) is 17.0. The third kappa shape index (κ3) is 18.1. The van der Waals surface area contributed by atoms with Crippen LogP contribution < -0.4 is 44.7 Å². The van der Waals surface area contributed by atoms with E-state index >= 15 is 0 Å². The molecular weight excluding hydrogens is 1760 g/mol. The molecule has 14 nitrogen and oxygen atoms in total. The molecule has 12 aromatic carbocycles. The van der Waals surface area contributed by atoms with Gasteiger partial charge in [-0.3, -0.25) is 0 Å². The van der Waals surface area contributed by atoms with Crippen LogP contribution in [0.4, 0.5) is 91.5 Å². The van der Waals surface area contributed by atoms with Crippen molar-refractivity contribution in [1.29, 1.82) is 0 Å². The number of nitrogens with zero attached hydrogens (tertiary/aromatic N) is 12. The summed E-state index contributed by atoms with van der Waals surface area (Å²) in [7, 11) is 5.72. The quantitative estimate of drug-likeness (QED) is 0.0899. The van der Waals surface area contributed by atoms with E-state index in [2.05, 4.69) is 266 Å². The summed E-state index contributed by atoms with van der Waals surface area (Å²) in [5.41, 5.74) is 19.0. The minimum absolute atomic E-state index is 0. The molecule has 108 heavy (non-hydrogen) atoms. The molecule has 0 unspecified atom stereocenters. The van der Waals surface area contributed by atoms with Crippen LogP contribution in [0.1, 0.15) is 50.7 Å². The maximum Gasteiger partial charge on any atom is 0.145 e. The first kappa shape index (κ1) is 79.5. The van der Waals surface area contributed by atoms with Gasteiger partial charge >= 0.3 is 0 Å². The fraction of sp³-hybridized carbons (Fsp3) is 0.0667. The van der Waals surface area contributed by atoms with Gasteiger partial charge in [0.05, 0.1) is 0 Å². The monoisotopic (exact) mass is 1830 g/mol. The number of hydrogen-bond donors (Lipinski definition) is 0. The van der Waals surface area contributed by atoms with Crippen molar-refractivity contribution < 1.29 is 51.2 Å². The smallest absolute Gasteiger partial charge is 0.145 e. The van der Waals surface area contributed by atoms with Gasteiger partial charge in [-0.05, 0) is 95.8 Å². The molecule has 0 bridgehead atoms. The summed E-state index contributed by atoms with van der Waals surface area (Å²) in [5, 5.41) is 0. The van der Waals surface area contributed by atoms with Crippen molar-refractivity contribution in [3.8, 4) is 11.1 Å². The van der Waals surface area contributed by atoms with Gasteiger partial charge in [-0.1, -0.05) is 205 Å². The summed E-state index contributed by atoms with van der Waals surface area (Å²) in [6.07, 6.45) is 6.83. The van der Waals surface area contributed by atoms with Gasteiger partial charge in [-0.15, -0.1) is 67.1 Å². The number of hydrogen-bond acceptors (Lipinski definition) is 12. The number of fused-ring (bicyclic) bond motifs is 4. The molecule has 18 heteroatoms. The summed E-state index contributed by atoms with van der Waals surface area (Å²) in [6, 6.07) is 116. The van der Waals surface area contributed by atoms with Crippen LogP contribution in [0, 0.1) is 50.9 Å². The van der Waals surface area contributed by atoms with Crippen molar-refractivity contribution in [3.05, 3.63) is 395 Å². The first-order chi connectivity index (χ1) is 51.1. The van der Waals surface area contributed by atoms with Crippen LogP contribution in [0.15, 0.2) is 333 Å². The molecule has 6 heterocycles. The molecule has 0 saturated heterocycles. The molecule has 2 aromatic heterocycles. The normalized spacial score (nSPS) is 12.5. The molecule has 0 saturated carbocycles. The Labute approximate surface area is 671 Å². The van der Waals surface area contributed by atoms with Crippen molar-refractivity contribution >= 4 is 121 Å². The molecule has 0 fully saturated rings. The number of anilines is 16. The Balaban J connectivity index is 0.000000147. The van der Waals surface area contributed by atoms with E-state index in [4.69, 9.17) is 7.85 Å². The summed E-state index contributed by atoms with van der Waals surface area (Å²) < 4.78 is 1.05. The predicted octanol–water partition coefficient (Wildman–Crippen LogP) is 20.7. The number of rotatable bonds is 11. The van der Waals surface area contributed by atoms with Gasteiger partial charge in [-0.25, -0.2) is 19.9 Å². The standard InChI is InChI=1S/C28H24N2.C19H13BrN2.2C17H12N4.C9H11B.2Ir.2H2O/c1-21(2)25-15-6-7-16-26(25)22-11-10-14-24(19-22)30-20-29(23-12-4-3-5-13-23)27-17-8-9-18-28(27)30;20-15-7-6-10-17(13-15)22-14-21(16-8-2-1-3-9-16)18-11-4-5-12-19(18)22;2*1-3-7-14(8-4-1)20-13-21(15-9-5-2-6-10-15)17-16(20)18-11-12-19-17;1-7(2)8-5-3-4-6-9(8)10;;;;/h3-13,15-21H,1-2H3;1-9,11-14H;2*1-9,11-13H;3-7H,1-2H3;;;2*1H2/q4*-2;;;;;. The van der Waals surface area contributed by atoms with Gasteiger partial charge in [0.2, 0.25) is 0 Å². The van der Waals surface area contributed by atoms with Gasteiger partial charge in [0.1, 0.15) is 31.1 Å². The van der Waals surface area contributed by atoms with Crippen molar-refractivity contribution in [1.82, 2.24) is 19.9 Å². The maximum atomic E-state index is 5.72. The molecule has 14 aromatic rings. The van der Waals surface area contributed by atoms with Crippen molar-refractivity contribution in [3.63, 3.8) is 0 Å². The number of halogens is 1. The average Bonchev–Trinajstić information content (AvgIpc) is 1.64.